The minimum atomic E-state index is -0.447. The van der Waals surface area contributed by atoms with E-state index in [0.29, 0.717) is 30.2 Å². The number of anilines is 2. The minimum Gasteiger partial charge on any atom is -0.383 e. The van der Waals surface area contributed by atoms with E-state index >= 15 is 0 Å². The molecule has 140 valence electrons. The molecule has 0 spiro atoms. The molecule has 3 aromatic rings. The van der Waals surface area contributed by atoms with E-state index in [1.165, 1.54) is 12.5 Å². The van der Waals surface area contributed by atoms with E-state index in [2.05, 4.69) is 30.9 Å². The number of urea groups is 1. The summed E-state index contributed by atoms with van der Waals surface area (Å²) in [7, 11) is 1.55. The molecule has 0 saturated carbocycles. The zero-order chi connectivity index (χ0) is 19.2. The number of carbonyl (C=O) groups excluding carboxylic acids is 2. The van der Waals surface area contributed by atoms with Crippen molar-refractivity contribution in [2.75, 3.05) is 30.9 Å². The van der Waals surface area contributed by atoms with Crippen molar-refractivity contribution in [3.05, 3.63) is 52.7 Å². The number of aromatic amines is 2. The Labute approximate surface area is 153 Å². The predicted molar refractivity (Wildman–Crippen MR) is 100 cm³/mol. The summed E-state index contributed by atoms with van der Waals surface area (Å²) >= 11 is 0. The molecule has 1 aromatic carbocycles. The van der Waals surface area contributed by atoms with Gasteiger partial charge in [0.15, 0.2) is 0 Å². The first-order chi connectivity index (χ1) is 13.1. The molecular formula is C17H18N6O4. The zero-order valence-electron chi connectivity index (χ0n) is 14.5. The van der Waals surface area contributed by atoms with Crippen LogP contribution in [0.2, 0.25) is 0 Å². The summed E-state index contributed by atoms with van der Waals surface area (Å²) in [6.07, 6.45) is 2.70. The fourth-order valence-corrected chi connectivity index (χ4v) is 2.43. The van der Waals surface area contributed by atoms with E-state index < -0.39 is 11.5 Å². The number of fused-ring (bicyclic) bond motifs is 1. The fourth-order valence-electron chi connectivity index (χ4n) is 2.43. The summed E-state index contributed by atoms with van der Waals surface area (Å²) in [5, 5.41) is 8.19. The number of amides is 3. The Kier molecular flexibility index (Phi) is 5.47. The second kappa shape index (κ2) is 8.15. The van der Waals surface area contributed by atoms with Gasteiger partial charge in [0.1, 0.15) is 5.65 Å². The van der Waals surface area contributed by atoms with Crippen molar-refractivity contribution in [2.24, 2.45) is 0 Å². The van der Waals surface area contributed by atoms with Crippen LogP contribution in [0.15, 0.2) is 41.6 Å². The lowest BCUT2D eigenvalue weighted by atomic mass is 10.2. The third-order valence-electron chi connectivity index (χ3n) is 3.71. The van der Waals surface area contributed by atoms with Gasteiger partial charge >= 0.3 is 6.03 Å². The Morgan fingerprint density at radius 1 is 1.11 bits per heavy atom. The van der Waals surface area contributed by atoms with Gasteiger partial charge in [-0.05, 0) is 24.3 Å². The van der Waals surface area contributed by atoms with Crippen molar-refractivity contribution in [1.82, 2.24) is 20.3 Å². The van der Waals surface area contributed by atoms with E-state index in [4.69, 9.17) is 4.74 Å². The van der Waals surface area contributed by atoms with Gasteiger partial charge in [-0.2, -0.15) is 0 Å². The summed E-state index contributed by atoms with van der Waals surface area (Å²) in [6.45, 7) is 0.819. The molecule has 10 heteroatoms. The normalized spacial score (nSPS) is 10.6. The second-order valence-corrected chi connectivity index (χ2v) is 5.56. The molecule has 0 aliphatic carbocycles. The number of nitrogens with zero attached hydrogens (tertiary/aromatic N) is 1. The molecule has 3 amide bonds. The largest absolute Gasteiger partial charge is 0.383 e. The van der Waals surface area contributed by atoms with E-state index in [1.807, 2.05) is 0 Å². The number of ether oxygens (including phenoxy) is 1. The predicted octanol–water partition coefficient (Wildman–Crippen LogP) is 1.27. The molecule has 0 unspecified atom stereocenters. The van der Waals surface area contributed by atoms with Crippen molar-refractivity contribution < 1.29 is 14.3 Å². The third-order valence-corrected chi connectivity index (χ3v) is 3.71. The maximum atomic E-state index is 12.4. The van der Waals surface area contributed by atoms with Gasteiger partial charge in [-0.15, -0.1) is 0 Å². The van der Waals surface area contributed by atoms with Gasteiger partial charge in [0.2, 0.25) is 0 Å². The molecule has 2 heterocycles. The topological polar surface area (TPSA) is 141 Å². The molecule has 0 aliphatic heterocycles. The smallest absolute Gasteiger partial charge is 0.319 e. The summed E-state index contributed by atoms with van der Waals surface area (Å²) < 4.78 is 4.85. The molecule has 5 N–H and O–H groups in total. The van der Waals surface area contributed by atoms with Gasteiger partial charge in [0.25, 0.3) is 11.5 Å². The summed E-state index contributed by atoms with van der Waals surface area (Å²) in [4.78, 5) is 45.2. The molecule has 2 aromatic heterocycles. The van der Waals surface area contributed by atoms with Crippen molar-refractivity contribution >= 4 is 34.3 Å². The second-order valence-electron chi connectivity index (χ2n) is 5.56. The average molecular weight is 370 g/mol. The monoisotopic (exact) mass is 370 g/mol. The number of nitrogens with one attached hydrogen (secondary N) is 5. The summed E-state index contributed by atoms with van der Waals surface area (Å²) in [5.74, 6) is -0.447. The van der Waals surface area contributed by atoms with E-state index in [1.54, 1.807) is 31.4 Å². The Bertz CT molecular complexity index is 1010. The van der Waals surface area contributed by atoms with Crippen molar-refractivity contribution in [1.29, 1.82) is 0 Å². The number of carbonyl (C=O) groups is 2. The first-order valence-electron chi connectivity index (χ1n) is 8.08. The highest BCUT2D eigenvalue weighted by Gasteiger charge is 2.15. The van der Waals surface area contributed by atoms with Crippen LogP contribution >= 0.6 is 0 Å². The molecule has 0 bridgehead atoms. The highest BCUT2D eigenvalue weighted by atomic mass is 16.5. The van der Waals surface area contributed by atoms with Crippen LogP contribution in [-0.4, -0.2) is 47.2 Å². The van der Waals surface area contributed by atoms with Gasteiger partial charge in [0, 0.05) is 31.2 Å². The maximum absolute atomic E-state index is 12.4. The lowest BCUT2D eigenvalue weighted by Gasteiger charge is -2.08. The quantitative estimate of drug-likeness (QED) is 0.416. The highest BCUT2D eigenvalue weighted by molar-refractivity contribution is 6.12. The number of methoxy groups -OCH3 is 1. The number of rotatable bonds is 6. The van der Waals surface area contributed by atoms with Crippen molar-refractivity contribution in [2.45, 2.75) is 0 Å². The lowest BCUT2D eigenvalue weighted by Crippen LogP contribution is -2.31. The molecule has 10 nitrogen and oxygen atoms in total. The van der Waals surface area contributed by atoms with Crippen LogP contribution in [0.3, 0.4) is 0 Å². The maximum Gasteiger partial charge on any atom is 0.319 e. The minimum absolute atomic E-state index is 0.194. The highest BCUT2D eigenvalue weighted by Crippen LogP contribution is 2.17. The van der Waals surface area contributed by atoms with Gasteiger partial charge in [-0.1, -0.05) is 0 Å². The number of benzene rings is 1. The van der Waals surface area contributed by atoms with Gasteiger partial charge in [-0.3, -0.25) is 9.59 Å². The SMILES string of the molecule is COCCNC(=O)Nc1ccc(NC(=O)c2c[nH]c3nc[nH]c(=O)c23)cc1. The molecule has 0 aliphatic rings. The van der Waals surface area contributed by atoms with Crippen molar-refractivity contribution in [3.8, 4) is 0 Å². The molecule has 0 fully saturated rings. The molecule has 0 radical (unpaired) electrons. The van der Waals surface area contributed by atoms with Crippen LogP contribution in [0.25, 0.3) is 11.0 Å². The lowest BCUT2D eigenvalue weighted by molar-refractivity contribution is 0.102. The Balaban J connectivity index is 1.65. The molecule has 0 atom stereocenters. The fraction of sp³-hybridized carbons (Fsp3) is 0.176. The first kappa shape index (κ1) is 18.1. The summed E-state index contributed by atoms with van der Waals surface area (Å²) in [6, 6.07) is 6.22. The molecule has 27 heavy (non-hydrogen) atoms. The van der Waals surface area contributed by atoms with Gasteiger partial charge in [0.05, 0.1) is 23.9 Å². The van der Waals surface area contributed by atoms with E-state index in [0.717, 1.165) is 0 Å². The summed E-state index contributed by atoms with van der Waals surface area (Å²) in [5.41, 5.74) is 1.21. The van der Waals surface area contributed by atoms with Crippen LogP contribution in [0.1, 0.15) is 10.4 Å². The third kappa shape index (κ3) is 4.30. The van der Waals surface area contributed by atoms with Gasteiger partial charge in [-0.25, -0.2) is 9.78 Å². The number of hydrogen-bond donors (Lipinski definition) is 5. The Morgan fingerprint density at radius 3 is 2.52 bits per heavy atom. The van der Waals surface area contributed by atoms with Crippen LogP contribution in [0.5, 0.6) is 0 Å². The number of H-pyrrole nitrogens is 2. The van der Waals surface area contributed by atoms with Crippen LogP contribution in [0.4, 0.5) is 16.2 Å². The zero-order valence-corrected chi connectivity index (χ0v) is 14.5. The number of aromatic nitrogens is 3. The molecular weight excluding hydrogens is 352 g/mol. The molecule has 3 rings (SSSR count). The van der Waals surface area contributed by atoms with E-state index in [-0.39, 0.29) is 17.0 Å². The standard InChI is InChI=1S/C17H18N6O4/c1-27-7-6-18-17(26)23-11-4-2-10(3-5-11)22-15(24)12-8-19-14-13(12)16(25)21-9-20-14/h2-5,8-9H,6-7H2,1H3,(H,22,24)(H2,18,23,26)(H2,19,20,21,25). The average Bonchev–Trinajstić information content (AvgIpc) is 3.09. The Hall–Kier alpha value is -3.66. The first-order valence-corrected chi connectivity index (χ1v) is 8.08. The van der Waals surface area contributed by atoms with E-state index in [9.17, 15) is 14.4 Å². The van der Waals surface area contributed by atoms with Gasteiger partial charge < -0.3 is 30.7 Å². The Morgan fingerprint density at radius 2 is 1.81 bits per heavy atom. The van der Waals surface area contributed by atoms with Crippen LogP contribution in [-0.2, 0) is 4.74 Å². The molecule has 0 saturated heterocycles. The van der Waals surface area contributed by atoms with Crippen LogP contribution in [0, 0.1) is 0 Å². The van der Waals surface area contributed by atoms with Crippen molar-refractivity contribution in [3.63, 3.8) is 0 Å². The number of hydrogen-bond acceptors (Lipinski definition) is 5. The van der Waals surface area contributed by atoms with Crippen LogP contribution < -0.4 is 21.5 Å².